The van der Waals surface area contributed by atoms with Crippen LogP contribution < -0.4 is 4.74 Å². The van der Waals surface area contributed by atoms with E-state index in [1.165, 1.54) is 0 Å². The number of ether oxygens (including phenoxy) is 2. The van der Waals surface area contributed by atoms with Crippen LogP contribution in [0.1, 0.15) is 33.6 Å². The van der Waals surface area contributed by atoms with E-state index in [9.17, 15) is 9.18 Å². The highest BCUT2D eigenvalue weighted by atomic mass is 19.1. The predicted molar refractivity (Wildman–Crippen MR) is 73.4 cm³/mol. The Labute approximate surface area is 123 Å². The number of carbonyl (C=O) groups is 1. The van der Waals surface area contributed by atoms with Crippen LogP contribution in [0.4, 0.5) is 9.18 Å². The second-order valence-electron chi connectivity index (χ2n) is 5.99. The Hall–Kier alpha value is -1.92. The molecule has 2 rings (SSSR count). The molecule has 1 amide bonds. The third kappa shape index (κ3) is 4.84. The molecule has 21 heavy (non-hydrogen) atoms. The first-order chi connectivity index (χ1) is 9.83. The van der Waals surface area contributed by atoms with Gasteiger partial charge in [0, 0.05) is 6.54 Å². The molecular formula is C14H20FN3O3. The van der Waals surface area contributed by atoms with Crippen molar-refractivity contribution >= 4 is 6.09 Å². The summed E-state index contributed by atoms with van der Waals surface area (Å²) >= 11 is 0. The van der Waals surface area contributed by atoms with E-state index in [0.29, 0.717) is 13.1 Å². The quantitative estimate of drug-likeness (QED) is 0.838. The average Bonchev–Trinajstić information content (AvgIpc) is 2.40. The van der Waals surface area contributed by atoms with E-state index in [1.54, 1.807) is 4.90 Å². The van der Waals surface area contributed by atoms with Crippen LogP contribution in [0.25, 0.3) is 0 Å². The highest BCUT2D eigenvalue weighted by molar-refractivity contribution is 5.68. The van der Waals surface area contributed by atoms with E-state index < -0.39 is 11.4 Å². The lowest BCUT2D eigenvalue weighted by Gasteiger charge is -2.33. The molecule has 1 saturated heterocycles. The molecule has 0 bridgehead atoms. The Morgan fingerprint density at radius 3 is 2.67 bits per heavy atom. The molecule has 1 aliphatic rings. The number of rotatable bonds is 2. The Morgan fingerprint density at radius 2 is 2.05 bits per heavy atom. The summed E-state index contributed by atoms with van der Waals surface area (Å²) in [7, 11) is 0. The first-order valence-corrected chi connectivity index (χ1v) is 6.95. The van der Waals surface area contributed by atoms with Gasteiger partial charge in [-0.25, -0.2) is 19.2 Å². The van der Waals surface area contributed by atoms with Crippen molar-refractivity contribution in [2.45, 2.75) is 45.3 Å². The molecule has 1 aromatic heterocycles. The van der Waals surface area contributed by atoms with Crippen molar-refractivity contribution in [2.75, 3.05) is 13.1 Å². The number of nitrogens with zero attached hydrogens (tertiary/aromatic N) is 3. The van der Waals surface area contributed by atoms with Crippen molar-refractivity contribution in [3.8, 4) is 6.01 Å². The van der Waals surface area contributed by atoms with Gasteiger partial charge < -0.3 is 14.4 Å². The SMILES string of the molecule is CC(C)(C)OC(=O)N1CCCC(Oc2ncc(F)cn2)C1. The zero-order valence-electron chi connectivity index (χ0n) is 12.5. The summed E-state index contributed by atoms with van der Waals surface area (Å²) in [6, 6.07) is 0.118. The van der Waals surface area contributed by atoms with Crippen LogP contribution in [0.3, 0.4) is 0 Å². The maximum Gasteiger partial charge on any atom is 0.410 e. The van der Waals surface area contributed by atoms with Gasteiger partial charge >= 0.3 is 12.1 Å². The van der Waals surface area contributed by atoms with Gasteiger partial charge in [0.25, 0.3) is 0 Å². The van der Waals surface area contributed by atoms with E-state index in [0.717, 1.165) is 25.2 Å². The Kier molecular flexibility index (Phi) is 4.59. The van der Waals surface area contributed by atoms with Crippen LogP contribution in [0, 0.1) is 5.82 Å². The van der Waals surface area contributed by atoms with Gasteiger partial charge in [-0.1, -0.05) is 0 Å². The zero-order valence-corrected chi connectivity index (χ0v) is 12.5. The van der Waals surface area contributed by atoms with Crippen molar-refractivity contribution in [2.24, 2.45) is 0 Å². The molecule has 7 heteroatoms. The monoisotopic (exact) mass is 297 g/mol. The van der Waals surface area contributed by atoms with E-state index in [1.807, 2.05) is 20.8 Å². The van der Waals surface area contributed by atoms with Crippen molar-refractivity contribution in [3.05, 3.63) is 18.2 Å². The second-order valence-corrected chi connectivity index (χ2v) is 5.99. The summed E-state index contributed by atoms with van der Waals surface area (Å²) in [6.07, 6.45) is 3.14. The summed E-state index contributed by atoms with van der Waals surface area (Å²) in [5, 5.41) is 0. The second kappa shape index (κ2) is 6.24. The minimum Gasteiger partial charge on any atom is -0.458 e. The lowest BCUT2D eigenvalue weighted by atomic mass is 10.1. The lowest BCUT2D eigenvalue weighted by molar-refractivity contribution is 0.00658. The van der Waals surface area contributed by atoms with E-state index >= 15 is 0 Å². The van der Waals surface area contributed by atoms with E-state index in [-0.39, 0.29) is 18.2 Å². The summed E-state index contributed by atoms with van der Waals surface area (Å²) in [4.78, 5) is 21.2. The molecule has 6 nitrogen and oxygen atoms in total. The van der Waals surface area contributed by atoms with E-state index in [2.05, 4.69) is 9.97 Å². The topological polar surface area (TPSA) is 64.5 Å². The molecule has 0 N–H and O–H groups in total. The normalized spacial score (nSPS) is 19.2. The molecule has 0 spiro atoms. The van der Waals surface area contributed by atoms with Crippen molar-refractivity contribution < 1.29 is 18.7 Å². The highest BCUT2D eigenvalue weighted by Crippen LogP contribution is 2.18. The molecule has 116 valence electrons. The molecule has 1 unspecified atom stereocenters. The number of amides is 1. The van der Waals surface area contributed by atoms with Gasteiger partial charge in [-0.15, -0.1) is 0 Å². The van der Waals surface area contributed by atoms with Gasteiger partial charge in [0.2, 0.25) is 0 Å². The number of halogens is 1. The molecule has 2 heterocycles. The summed E-state index contributed by atoms with van der Waals surface area (Å²) in [6.45, 7) is 6.54. The van der Waals surface area contributed by atoms with Gasteiger partial charge in [-0.05, 0) is 33.6 Å². The fraction of sp³-hybridized carbons (Fsp3) is 0.643. The first-order valence-electron chi connectivity index (χ1n) is 6.95. The number of hydrogen-bond acceptors (Lipinski definition) is 5. The molecule has 0 radical (unpaired) electrons. The smallest absolute Gasteiger partial charge is 0.410 e. The molecule has 1 aromatic rings. The van der Waals surface area contributed by atoms with Crippen molar-refractivity contribution in [1.29, 1.82) is 0 Å². The van der Waals surface area contributed by atoms with Crippen LogP contribution in [-0.2, 0) is 4.74 Å². The van der Waals surface area contributed by atoms with Crippen LogP contribution in [0.15, 0.2) is 12.4 Å². The van der Waals surface area contributed by atoms with Crippen LogP contribution in [0.2, 0.25) is 0 Å². The fourth-order valence-corrected chi connectivity index (χ4v) is 2.04. The first kappa shape index (κ1) is 15.5. The van der Waals surface area contributed by atoms with Crippen LogP contribution >= 0.6 is 0 Å². The molecular weight excluding hydrogens is 277 g/mol. The highest BCUT2D eigenvalue weighted by Gasteiger charge is 2.28. The fourth-order valence-electron chi connectivity index (χ4n) is 2.04. The molecule has 0 saturated carbocycles. The standard InChI is InChI=1S/C14H20FN3O3/c1-14(2,3)21-13(19)18-6-4-5-11(9-18)20-12-16-7-10(15)8-17-12/h7-8,11H,4-6,9H2,1-3H3. The van der Waals surface area contributed by atoms with Gasteiger partial charge in [-0.3, -0.25) is 0 Å². The minimum atomic E-state index is -0.523. The molecule has 0 aliphatic carbocycles. The summed E-state index contributed by atoms with van der Waals surface area (Å²) < 4.78 is 23.7. The Morgan fingerprint density at radius 1 is 1.38 bits per heavy atom. The van der Waals surface area contributed by atoms with Gasteiger partial charge in [0.1, 0.15) is 11.7 Å². The average molecular weight is 297 g/mol. The predicted octanol–water partition coefficient (Wildman–Crippen LogP) is 2.39. The lowest BCUT2D eigenvalue weighted by Crippen LogP contribution is -2.46. The van der Waals surface area contributed by atoms with Crippen molar-refractivity contribution in [3.63, 3.8) is 0 Å². The summed E-state index contributed by atoms with van der Waals surface area (Å²) in [5.74, 6) is -0.513. The van der Waals surface area contributed by atoms with Gasteiger partial charge in [-0.2, -0.15) is 0 Å². The summed E-state index contributed by atoms with van der Waals surface area (Å²) in [5.41, 5.74) is -0.523. The molecule has 0 aromatic carbocycles. The Bertz CT molecular complexity index is 487. The van der Waals surface area contributed by atoms with E-state index in [4.69, 9.17) is 9.47 Å². The number of piperidine rings is 1. The number of carbonyl (C=O) groups excluding carboxylic acids is 1. The maximum absolute atomic E-state index is 12.7. The van der Waals surface area contributed by atoms with Crippen LogP contribution in [0.5, 0.6) is 6.01 Å². The minimum absolute atomic E-state index is 0.118. The third-order valence-electron chi connectivity index (χ3n) is 2.90. The number of likely N-dealkylation sites (tertiary alicyclic amines) is 1. The van der Waals surface area contributed by atoms with Crippen LogP contribution in [-0.4, -0.2) is 45.8 Å². The maximum atomic E-state index is 12.7. The zero-order chi connectivity index (χ0) is 15.5. The van der Waals surface area contributed by atoms with Gasteiger partial charge in [0.05, 0.1) is 18.9 Å². The number of aromatic nitrogens is 2. The largest absolute Gasteiger partial charge is 0.458 e. The van der Waals surface area contributed by atoms with Crippen molar-refractivity contribution in [1.82, 2.24) is 14.9 Å². The molecule has 1 aliphatic heterocycles. The number of hydrogen-bond donors (Lipinski definition) is 0. The molecule has 1 fully saturated rings. The Balaban J connectivity index is 1.91. The molecule has 1 atom stereocenters. The van der Waals surface area contributed by atoms with Gasteiger partial charge in [0.15, 0.2) is 5.82 Å². The third-order valence-corrected chi connectivity index (χ3v) is 2.90.